The Morgan fingerprint density at radius 1 is 1.35 bits per heavy atom. The Hall–Kier alpha value is -1.55. The first-order valence-corrected chi connectivity index (χ1v) is 8.63. The van der Waals surface area contributed by atoms with Gasteiger partial charge in [0.2, 0.25) is 0 Å². The minimum atomic E-state index is -0.447. The van der Waals surface area contributed by atoms with Gasteiger partial charge in [0.15, 0.2) is 0 Å². The van der Waals surface area contributed by atoms with Crippen LogP contribution in [0.4, 0.5) is 4.79 Å². The Kier molecular flexibility index (Phi) is 6.05. The van der Waals surface area contributed by atoms with Crippen LogP contribution in [-0.2, 0) is 11.3 Å². The summed E-state index contributed by atoms with van der Waals surface area (Å²) in [7, 11) is 0. The summed E-state index contributed by atoms with van der Waals surface area (Å²) in [4.78, 5) is 14.5. The molecule has 2 rings (SSSR count). The third-order valence-corrected chi connectivity index (χ3v) is 4.27. The number of amides is 1. The van der Waals surface area contributed by atoms with Crippen LogP contribution in [0, 0.1) is 5.92 Å². The first-order valence-electron chi connectivity index (χ1n) is 8.63. The summed E-state index contributed by atoms with van der Waals surface area (Å²) < 4.78 is 5.39. The standard InChI is InChI=1S/C19H30N2O2/c1-5-17(20-18(22)23-19(2,3)4)16-11-12-21(14-16)13-15-9-7-6-8-10-15/h6-10,16-17H,5,11-14H2,1-4H3,(H,20,22)/t16-,17?/m1/s1. The van der Waals surface area contributed by atoms with Crippen molar-refractivity contribution in [2.45, 2.75) is 58.7 Å². The number of carbonyl (C=O) groups excluding carboxylic acids is 1. The molecule has 0 bridgehead atoms. The quantitative estimate of drug-likeness (QED) is 0.897. The Morgan fingerprint density at radius 3 is 2.65 bits per heavy atom. The zero-order valence-corrected chi connectivity index (χ0v) is 14.8. The molecule has 4 heteroatoms. The first kappa shape index (κ1) is 17.8. The van der Waals surface area contributed by atoms with Gasteiger partial charge in [0.1, 0.15) is 5.60 Å². The third kappa shape index (κ3) is 5.87. The number of nitrogens with one attached hydrogen (secondary N) is 1. The van der Waals surface area contributed by atoms with Crippen molar-refractivity contribution < 1.29 is 9.53 Å². The van der Waals surface area contributed by atoms with Gasteiger partial charge in [-0.2, -0.15) is 0 Å². The van der Waals surface area contributed by atoms with E-state index in [1.165, 1.54) is 5.56 Å². The lowest BCUT2D eigenvalue weighted by molar-refractivity contribution is 0.0484. The molecule has 0 saturated carbocycles. The molecule has 2 atom stereocenters. The van der Waals surface area contributed by atoms with Gasteiger partial charge in [0.25, 0.3) is 0 Å². The summed E-state index contributed by atoms with van der Waals surface area (Å²) in [6.45, 7) is 10.9. The van der Waals surface area contributed by atoms with Crippen LogP contribution in [0.25, 0.3) is 0 Å². The summed E-state index contributed by atoms with van der Waals surface area (Å²) in [5, 5.41) is 3.06. The van der Waals surface area contributed by atoms with Gasteiger partial charge in [0.05, 0.1) is 0 Å². The third-order valence-electron chi connectivity index (χ3n) is 4.27. The Balaban J connectivity index is 1.84. The molecule has 1 N–H and O–H groups in total. The number of ether oxygens (including phenoxy) is 1. The average Bonchev–Trinajstić information content (AvgIpc) is 2.92. The van der Waals surface area contributed by atoms with Gasteiger partial charge in [-0.25, -0.2) is 4.79 Å². The molecule has 1 amide bonds. The second-order valence-electron chi connectivity index (χ2n) is 7.43. The molecule has 1 unspecified atom stereocenters. The van der Waals surface area contributed by atoms with Crippen LogP contribution in [0.2, 0.25) is 0 Å². The minimum absolute atomic E-state index is 0.186. The number of alkyl carbamates (subject to hydrolysis) is 1. The zero-order valence-electron chi connectivity index (χ0n) is 14.8. The molecule has 1 aliphatic rings. The molecule has 0 spiro atoms. The molecule has 0 aromatic heterocycles. The predicted octanol–water partition coefficient (Wildman–Crippen LogP) is 3.81. The molecule has 0 aliphatic carbocycles. The Labute approximate surface area is 140 Å². The van der Waals surface area contributed by atoms with Crippen molar-refractivity contribution in [2.75, 3.05) is 13.1 Å². The van der Waals surface area contributed by atoms with Gasteiger partial charge in [-0.1, -0.05) is 37.3 Å². The van der Waals surface area contributed by atoms with E-state index in [1.807, 2.05) is 26.8 Å². The van der Waals surface area contributed by atoms with E-state index in [-0.39, 0.29) is 12.1 Å². The number of carbonyl (C=O) groups is 1. The van der Waals surface area contributed by atoms with Crippen LogP contribution in [0.5, 0.6) is 0 Å². The maximum absolute atomic E-state index is 12.0. The van der Waals surface area contributed by atoms with Crippen LogP contribution in [-0.4, -0.2) is 35.7 Å². The van der Waals surface area contributed by atoms with E-state index in [0.717, 1.165) is 32.5 Å². The minimum Gasteiger partial charge on any atom is -0.444 e. The van der Waals surface area contributed by atoms with Gasteiger partial charge in [0, 0.05) is 19.1 Å². The molecular formula is C19H30N2O2. The fourth-order valence-corrected chi connectivity index (χ4v) is 3.19. The average molecular weight is 318 g/mol. The highest BCUT2D eigenvalue weighted by molar-refractivity contribution is 5.68. The van der Waals surface area contributed by atoms with Gasteiger partial charge >= 0.3 is 6.09 Å². The highest BCUT2D eigenvalue weighted by atomic mass is 16.6. The molecule has 1 aliphatic heterocycles. The second kappa shape index (κ2) is 7.82. The molecule has 1 fully saturated rings. The predicted molar refractivity (Wildman–Crippen MR) is 93.3 cm³/mol. The molecule has 1 aromatic rings. The molecule has 1 aromatic carbocycles. The fraction of sp³-hybridized carbons (Fsp3) is 0.632. The van der Waals surface area contributed by atoms with Crippen LogP contribution in [0.1, 0.15) is 46.1 Å². The lowest BCUT2D eigenvalue weighted by Crippen LogP contribution is -2.43. The maximum Gasteiger partial charge on any atom is 0.407 e. The Bertz CT molecular complexity index is 496. The maximum atomic E-state index is 12.0. The van der Waals surface area contributed by atoms with E-state index in [9.17, 15) is 4.79 Å². The first-order chi connectivity index (χ1) is 10.9. The normalized spacial score (nSPS) is 20.3. The Morgan fingerprint density at radius 2 is 2.04 bits per heavy atom. The number of nitrogens with zero attached hydrogens (tertiary/aromatic N) is 1. The van der Waals surface area contributed by atoms with E-state index in [4.69, 9.17) is 4.74 Å². The van der Waals surface area contributed by atoms with Crippen molar-refractivity contribution in [3.05, 3.63) is 35.9 Å². The zero-order chi connectivity index (χ0) is 16.9. The number of rotatable bonds is 5. The summed E-state index contributed by atoms with van der Waals surface area (Å²) in [6, 6.07) is 10.7. The molecule has 0 radical (unpaired) electrons. The summed E-state index contributed by atoms with van der Waals surface area (Å²) >= 11 is 0. The number of benzene rings is 1. The summed E-state index contributed by atoms with van der Waals surface area (Å²) in [5.41, 5.74) is 0.901. The molecular weight excluding hydrogens is 288 g/mol. The van der Waals surface area contributed by atoms with Crippen molar-refractivity contribution in [1.29, 1.82) is 0 Å². The topological polar surface area (TPSA) is 41.6 Å². The smallest absolute Gasteiger partial charge is 0.407 e. The highest BCUT2D eigenvalue weighted by Crippen LogP contribution is 2.23. The lowest BCUT2D eigenvalue weighted by atomic mass is 9.97. The number of hydrogen-bond donors (Lipinski definition) is 1. The van der Waals surface area contributed by atoms with Crippen LogP contribution in [0.15, 0.2) is 30.3 Å². The van der Waals surface area contributed by atoms with Crippen molar-refractivity contribution in [2.24, 2.45) is 5.92 Å². The monoisotopic (exact) mass is 318 g/mol. The van der Waals surface area contributed by atoms with E-state index in [0.29, 0.717) is 5.92 Å². The van der Waals surface area contributed by atoms with E-state index >= 15 is 0 Å². The van der Waals surface area contributed by atoms with E-state index < -0.39 is 5.60 Å². The van der Waals surface area contributed by atoms with Crippen LogP contribution >= 0.6 is 0 Å². The van der Waals surface area contributed by atoms with E-state index in [2.05, 4.69) is 41.4 Å². The lowest BCUT2D eigenvalue weighted by Gasteiger charge is -2.26. The fourth-order valence-electron chi connectivity index (χ4n) is 3.19. The van der Waals surface area contributed by atoms with Crippen LogP contribution < -0.4 is 5.32 Å². The molecule has 23 heavy (non-hydrogen) atoms. The highest BCUT2D eigenvalue weighted by Gasteiger charge is 2.30. The van der Waals surface area contributed by atoms with Crippen LogP contribution in [0.3, 0.4) is 0 Å². The van der Waals surface area contributed by atoms with Crippen molar-refractivity contribution in [3.63, 3.8) is 0 Å². The van der Waals surface area contributed by atoms with Crippen molar-refractivity contribution in [3.8, 4) is 0 Å². The van der Waals surface area contributed by atoms with Gasteiger partial charge in [-0.15, -0.1) is 0 Å². The molecule has 4 nitrogen and oxygen atoms in total. The van der Waals surface area contributed by atoms with Gasteiger partial charge in [-0.3, -0.25) is 4.90 Å². The largest absolute Gasteiger partial charge is 0.444 e. The molecule has 1 saturated heterocycles. The van der Waals surface area contributed by atoms with Crippen molar-refractivity contribution >= 4 is 6.09 Å². The summed E-state index contributed by atoms with van der Waals surface area (Å²) in [6.07, 6.45) is 1.76. The molecule has 1 heterocycles. The second-order valence-corrected chi connectivity index (χ2v) is 7.43. The van der Waals surface area contributed by atoms with Gasteiger partial charge in [-0.05, 0) is 51.6 Å². The molecule has 128 valence electrons. The number of hydrogen-bond acceptors (Lipinski definition) is 3. The SMILES string of the molecule is CCC(NC(=O)OC(C)(C)C)[C@@H]1CCN(Cc2ccccc2)C1. The van der Waals surface area contributed by atoms with E-state index in [1.54, 1.807) is 0 Å². The summed E-state index contributed by atoms with van der Waals surface area (Å²) in [5.74, 6) is 0.497. The van der Waals surface area contributed by atoms with Gasteiger partial charge < -0.3 is 10.1 Å². The van der Waals surface area contributed by atoms with Crippen molar-refractivity contribution in [1.82, 2.24) is 10.2 Å². The number of likely N-dealkylation sites (tertiary alicyclic amines) is 1.